The van der Waals surface area contributed by atoms with Crippen molar-refractivity contribution in [2.24, 2.45) is 0 Å². The smallest absolute Gasteiger partial charge is 0.255 e. The number of hydrogen-bond donors (Lipinski definition) is 3. The molecule has 3 N–H and O–H groups in total. The highest BCUT2D eigenvalue weighted by Gasteiger charge is 2.17. The number of anilines is 1. The number of hydrogen-bond acceptors (Lipinski definition) is 4. The summed E-state index contributed by atoms with van der Waals surface area (Å²) >= 11 is 0. The maximum atomic E-state index is 13.3. The van der Waals surface area contributed by atoms with E-state index in [0.717, 1.165) is 0 Å². The fraction of sp³-hybridized carbons (Fsp3) is 0.235. The van der Waals surface area contributed by atoms with Crippen LogP contribution >= 0.6 is 0 Å². The van der Waals surface area contributed by atoms with Gasteiger partial charge < -0.3 is 10.4 Å². The molecular weight excluding hydrogens is 347 g/mol. The van der Waals surface area contributed by atoms with E-state index in [1.54, 1.807) is 6.92 Å². The van der Waals surface area contributed by atoms with Crippen LogP contribution < -0.4 is 10.0 Å². The van der Waals surface area contributed by atoms with E-state index in [0.29, 0.717) is 11.3 Å². The summed E-state index contributed by atoms with van der Waals surface area (Å²) < 4.78 is 39.8. The zero-order valence-corrected chi connectivity index (χ0v) is 14.6. The van der Waals surface area contributed by atoms with Gasteiger partial charge in [0.05, 0.1) is 11.0 Å². The van der Waals surface area contributed by atoms with Crippen molar-refractivity contribution in [3.05, 3.63) is 59.4 Å². The lowest BCUT2D eigenvalue weighted by Gasteiger charge is -2.10. The van der Waals surface area contributed by atoms with Crippen LogP contribution in [0.1, 0.15) is 22.8 Å². The fourth-order valence-electron chi connectivity index (χ4n) is 2.04. The molecule has 0 spiro atoms. The lowest BCUT2D eigenvalue weighted by Crippen LogP contribution is -2.30. The van der Waals surface area contributed by atoms with E-state index in [9.17, 15) is 22.7 Å². The molecule has 0 saturated heterocycles. The number of nitrogens with one attached hydrogen (secondary N) is 2. The molecule has 2 aromatic rings. The normalized spacial score (nSPS) is 12.6. The van der Waals surface area contributed by atoms with Crippen LogP contribution in [0.5, 0.6) is 0 Å². The molecule has 0 bridgehead atoms. The number of amides is 1. The van der Waals surface area contributed by atoms with E-state index >= 15 is 0 Å². The van der Waals surface area contributed by atoms with Crippen molar-refractivity contribution in [2.75, 3.05) is 11.9 Å². The molecule has 0 heterocycles. The van der Waals surface area contributed by atoms with Gasteiger partial charge in [0.15, 0.2) is 0 Å². The molecule has 25 heavy (non-hydrogen) atoms. The summed E-state index contributed by atoms with van der Waals surface area (Å²) in [4.78, 5) is 12.2. The SMILES string of the molecule is Cc1cc(NC(=O)c2cccc(S(=O)(=O)NCC(C)O)c2)ccc1F. The molecule has 2 rings (SSSR count). The number of aryl methyl sites for hydroxylation is 1. The van der Waals surface area contributed by atoms with Gasteiger partial charge in [-0.2, -0.15) is 0 Å². The highest BCUT2D eigenvalue weighted by molar-refractivity contribution is 7.89. The van der Waals surface area contributed by atoms with Crippen molar-refractivity contribution >= 4 is 21.6 Å². The van der Waals surface area contributed by atoms with Gasteiger partial charge in [-0.3, -0.25) is 4.79 Å². The fourth-order valence-corrected chi connectivity index (χ4v) is 3.21. The summed E-state index contributed by atoms with van der Waals surface area (Å²) in [5, 5.41) is 11.8. The number of halogens is 1. The third-order valence-electron chi connectivity index (χ3n) is 3.39. The molecule has 0 radical (unpaired) electrons. The van der Waals surface area contributed by atoms with Gasteiger partial charge in [0.2, 0.25) is 10.0 Å². The summed E-state index contributed by atoms with van der Waals surface area (Å²) in [5.41, 5.74) is 0.933. The molecule has 0 aromatic heterocycles. The van der Waals surface area contributed by atoms with Crippen molar-refractivity contribution in [3.63, 3.8) is 0 Å². The number of carbonyl (C=O) groups is 1. The third kappa shape index (κ3) is 5.09. The zero-order chi connectivity index (χ0) is 18.6. The molecule has 2 aromatic carbocycles. The van der Waals surface area contributed by atoms with Gasteiger partial charge in [0.1, 0.15) is 5.82 Å². The minimum absolute atomic E-state index is 0.0870. The number of aliphatic hydroxyl groups excluding tert-OH is 1. The summed E-state index contributed by atoms with van der Waals surface area (Å²) in [6, 6.07) is 9.65. The molecule has 0 fully saturated rings. The predicted octanol–water partition coefficient (Wildman–Crippen LogP) is 2.05. The van der Waals surface area contributed by atoms with Crippen molar-refractivity contribution < 1.29 is 22.7 Å². The molecule has 0 saturated carbocycles. The van der Waals surface area contributed by atoms with Crippen LogP contribution in [0.4, 0.5) is 10.1 Å². The lowest BCUT2D eigenvalue weighted by molar-refractivity contribution is 0.102. The largest absolute Gasteiger partial charge is 0.392 e. The first-order valence-corrected chi connectivity index (χ1v) is 9.02. The van der Waals surface area contributed by atoms with E-state index in [2.05, 4.69) is 10.0 Å². The third-order valence-corrected chi connectivity index (χ3v) is 4.81. The highest BCUT2D eigenvalue weighted by Crippen LogP contribution is 2.16. The maximum absolute atomic E-state index is 13.3. The molecule has 1 atom stereocenters. The standard InChI is InChI=1S/C17H19FN2O4S/c1-11-8-14(6-7-16(11)18)20-17(22)13-4-3-5-15(9-13)25(23,24)19-10-12(2)21/h3-9,12,19,21H,10H2,1-2H3,(H,20,22). The average Bonchev–Trinajstić information content (AvgIpc) is 2.56. The quantitative estimate of drug-likeness (QED) is 0.729. The van der Waals surface area contributed by atoms with E-state index in [-0.39, 0.29) is 22.8 Å². The van der Waals surface area contributed by atoms with Crippen LogP contribution in [0, 0.1) is 12.7 Å². The molecule has 0 aliphatic rings. The number of benzene rings is 2. The molecule has 1 amide bonds. The van der Waals surface area contributed by atoms with Crippen LogP contribution in [0.15, 0.2) is 47.4 Å². The predicted molar refractivity (Wildman–Crippen MR) is 92.4 cm³/mol. The van der Waals surface area contributed by atoms with Gasteiger partial charge in [-0.25, -0.2) is 17.5 Å². The first-order chi connectivity index (χ1) is 11.7. The van der Waals surface area contributed by atoms with Gasteiger partial charge in [-0.1, -0.05) is 6.07 Å². The second-order valence-electron chi connectivity index (χ2n) is 5.65. The Labute approximate surface area is 145 Å². The van der Waals surface area contributed by atoms with E-state index in [1.165, 1.54) is 49.4 Å². The molecule has 1 unspecified atom stereocenters. The molecule has 0 aliphatic carbocycles. The Hall–Kier alpha value is -2.29. The van der Waals surface area contributed by atoms with E-state index in [1.807, 2.05) is 0 Å². The summed E-state index contributed by atoms with van der Waals surface area (Å²) in [7, 11) is -3.84. The summed E-state index contributed by atoms with van der Waals surface area (Å²) in [6.45, 7) is 2.90. The Morgan fingerprint density at radius 3 is 2.60 bits per heavy atom. The highest BCUT2D eigenvalue weighted by atomic mass is 32.2. The Kier molecular flexibility index (Phi) is 5.89. The topological polar surface area (TPSA) is 95.5 Å². The second kappa shape index (κ2) is 7.73. The van der Waals surface area contributed by atoms with Crippen molar-refractivity contribution in [3.8, 4) is 0 Å². The van der Waals surface area contributed by atoms with Gasteiger partial charge in [0.25, 0.3) is 5.91 Å². The van der Waals surface area contributed by atoms with Gasteiger partial charge >= 0.3 is 0 Å². The van der Waals surface area contributed by atoms with Crippen LogP contribution in [0.2, 0.25) is 0 Å². The van der Waals surface area contributed by atoms with Crippen LogP contribution in [-0.4, -0.2) is 32.1 Å². The van der Waals surface area contributed by atoms with Crippen LogP contribution in [0.3, 0.4) is 0 Å². The maximum Gasteiger partial charge on any atom is 0.255 e. The second-order valence-corrected chi connectivity index (χ2v) is 7.41. The van der Waals surface area contributed by atoms with Crippen LogP contribution in [-0.2, 0) is 10.0 Å². The van der Waals surface area contributed by atoms with E-state index < -0.39 is 22.0 Å². The summed E-state index contributed by atoms with van der Waals surface area (Å²) in [5.74, 6) is -0.895. The molecule has 134 valence electrons. The van der Waals surface area contributed by atoms with Gasteiger partial charge in [-0.15, -0.1) is 0 Å². The average molecular weight is 366 g/mol. The number of aliphatic hydroxyl groups is 1. The van der Waals surface area contributed by atoms with E-state index in [4.69, 9.17) is 0 Å². The van der Waals surface area contributed by atoms with Crippen molar-refractivity contribution in [2.45, 2.75) is 24.8 Å². The van der Waals surface area contributed by atoms with Gasteiger partial charge in [0, 0.05) is 17.8 Å². The summed E-state index contributed by atoms with van der Waals surface area (Å²) in [6.07, 6.45) is -0.831. The first-order valence-electron chi connectivity index (χ1n) is 7.54. The number of rotatable bonds is 6. The minimum Gasteiger partial charge on any atom is -0.392 e. The molecular formula is C17H19FN2O4S. The van der Waals surface area contributed by atoms with Crippen molar-refractivity contribution in [1.82, 2.24) is 4.72 Å². The number of sulfonamides is 1. The Balaban J connectivity index is 2.19. The van der Waals surface area contributed by atoms with Crippen molar-refractivity contribution in [1.29, 1.82) is 0 Å². The lowest BCUT2D eigenvalue weighted by atomic mass is 10.2. The molecule has 8 heteroatoms. The molecule has 0 aliphatic heterocycles. The minimum atomic E-state index is -3.84. The molecule has 6 nitrogen and oxygen atoms in total. The Morgan fingerprint density at radius 1 is 1.24 bits per heavy atom. The monoisotopic (exact) mass is 366 g/mol. The number of carbonyl (C=O) groups excluding carboxylic acids is 1. The zero-order valence-electron chi connectivity index (χ0n) is 13.8. The van der Waals surface area contributed by atoms with Gasteiger partial charge in [-0.05, 0) is 55.8 Å². The first kappa shape index (κ1) is 19.0. The Bertz CT molecular complexity index is 882. The Morgan fingerprint density at radius 2 is 1.96 bits per heavy atom. The van der Waals surface area contributed by atoms with Crippen LogP contribution in [0.25, 0.3) is 0 Å².